The molecule has 2 atom stereocenters. The van der Waals surface area contributed by atoms with Gasteiger partial charge in [0.2, 0.25) is 0 Å². The number of nitrogens with zero attached hydrogens (tertiary/aromatic N) is 2. The largest absolute Gasteiger partial charge is 0.507 e. The van der Waals surface area contributed by atoms with Crippen molar-refractivity contribution in [2.24, 2.45) is 0 Å². The van der Waals surface area contributed by atoms with Gasteiger partial charge in [0, 0.05) is 43.7 Å². The zero-order valence-corrected chi connectivity index (χ0v) is 19.7. The molecule has 0 bridgehead atoms. The minimum atomic E-state index is -0.996. The molecule has 2 aromatic rings. The fourth-order valence-corrected chi connectivity index (χ4v) is 5.15. The Labute approximate surface area is 203 Å². The second-order valence-corrected chi connectivity index (χ2v) is 9.28. The van der Waals surface area contributed by atoms with Gasteiger partial charge in [0.05, 0.1) is 24.8 Å². The van der Waals surface area contributed by atoms with E-state index < -0.39 is 23.5 Å². The third-order valence-electron chi connectivity index (χ3n) is 6.89. The first-order chi connectivity index (χ1) is 16.9. The number of carbonyl (C=O) groups is 2. The van der Waals surface area contributed by atoms with Gasteiger partial charge in [0.15, 0.2) is 0 Å². The summed E-state index contributed by atoms with van der Waals surface area (Å²) < 4.78 is 26.1. The fraction of sp³-hybridized carbons (Fsp3) is 0.407. The zero-order chi connectivity index (χ0) is 24.5. The molecule has 0 radical (unpaired) electrons. The Bertz CT molecular complexity index is 1170. The molecule has 5 rings (SSSR count). The SMILES string of the molecule is C[C@H]1Cc2cc(C(O)=C3C(=O)C(=O)N(CCCN4CCOCC4)[C@@H]3c3ccccc3F)ccc2O1. The lowest BCUT2D eigenvalue weighted by Gasteiger charge is -2.29. The summed E-state index contributed by atoms with van der Waals surface area (Å²) in [6, 6.07) is 10.3. The first-order valence-electron chi connectivity index (χ1n) is 12.1. The van der Waals surface area contributed by atoms with E-state index in [1.54, 1.807) is 36.4 Å². The van der Waals surface area contributed by atoms with Crippen LogP contribution < -0.4 is 4.74 Å². The van der Waals surface area contributed by atoms with Gasteiger partial charge < -0.3 is 19.5 Å². The Morgan fingerprint density at radius 1 is 1.11 bits per heavy atom. The average molecular weight is 481 g/mol. The second-order valence-electron chi connectivity index (χ2n) is 9.28. The fourth-order valence-electron chi connectivity index (χ4n) is 5.15. The van der Waals surface area contributed by atoms with E-state index in [-0.39, 0.29) is 29.5 Å². The van der Waals surface area contributed by atoms with Crippen molar-refractivity contribution in [1.29, 1.82) is 0 Å². The van der Waals surface area contributed by atoms with E-state index in [1.807, 2.05) is 6.92 Å². The van der Waals surface area contributed by atoms with Crippen LogP contribution in [-0.4, -0.2) is 72.1 Å². The van der Waals surface area contributed by atoms with Crippen LogP contribution in [0.3, 0.4) is 0 Å². The van der Waals surface area contributed by atoms with E-state index in [9.17, 15) is 19.1 Å². The molecule has 0 spiro atoms. The Hall–Kier alpha value is -3.23. The summed E-state index contributed by atoms with van der Waals surface area (Å²) in [7, 11) is 0. The number of rotatable bonds is 6. The number of amides is 1. The monoisotopic (exact) mass is 480 g/mol. The quantitative estimate of drug-likeness (QED) is 0.388. The summed E-state index contributed by atoms with van der Waals surface area (Å²) in [4.78, 5) is 29.9. The summed E-state index contributed by atoms with van der Waals surface area (Å²) in [5.74, 6) is -1.61. The molecule has 1 N–H and O–H groups in total. The molecule has 1 amide bonds. The maximum atomic E-state index is 15.0. The molecular formula is C27H29FN2O5. The van der Waals surface area contributed by atoms with E-state index in [0.29, 0.717) is 31.6 Å². The van der Waals surface area contributed by atoms with E-state index in [2.05, 4.69) is 4.90 Å². The van der Waals surface area contributed by atoms with Crippen LogP contribution in [0.25, 0.3) is 5.76 Å². The third kappa shape index (κ3) is 4.56. The molecule has 8 heteroatoms. The van der Waals surface area contributed by atoms with E-state index in [1.165, 1.54) is 11.0 Å². The highest BCUT2D eigenvalue weighted by Crippen LogP contribution is 2.41. The molecule has 0 aromatic heterocycles. The molecule has 0 aliphatic carbocycles. The predicted molar refractivity (Wildman–Crippen MR) is 128 cm³/mol. The maximum absolute atomic E-state index is 15.0. The summed E-state index contributed by atoms with van der Waals surface area (Å²) in [6.07, 6.45) is 1.33. The van der Waals surface area contributed by atoms with Crippen molar-refractivity contribution in [3.8, 4) is 5.75 Å². The molecule has 3 aliphatic heterocycles. The number of ketones is 1. The van der Waals surface area contributed by atoms with Gasteiger partial charge in [-0.25, -0.2) is 4.39 Å². The van der Waals surface area contributed by atoms with E-state index in [0.717, 1.165) is 30.9 Å². The predicted octanol–water partition coefficient (Wildman–Crippen LogP) is 3.29. The number of aliphatic hydroxyl groups is 1. The molecule has 2 fully saturated rings. The van der Waals surface area contributed by atoms with Gasteiger partial charge in [-0.2, -0.15) is 0 Å². The van der Waals surface area contributed by atoms with Gasteiger partial charge in [0.1, 0.15) is 23.4 Å². The Morgan fingerprint density at radius 3 is 2.66 bits per heavy atom. The van der Waals surface area contributed by atoms with Crippen LogP contribution in [0.15, 0.2) is 48.0 Å². The van der Waals surface area contributed by atoms with Crippen LogP contribution in [0, 0.1) is 5.82 Å². The molecule has 0 saturated carbocycles. The highest BCUT2D eigenvalue weighted by molar-refractivity contribution is 6.46. The minimum absolute atomic E-state index is 0.0258. The van der Waals surface area contributed by atoms with Crippen LogP contribution in [-0.2, 0) is 20.7 Å². The molecule has 0 unspecified atom stereocenters. The van der Waals surface area contributed by atoms with Gasteiger partial charge in [-0.05, 0) is 43.2 Å². The minimum Gasteiger partial charge on any atom is -0.507 e. The van der Waals surface area contributed by atoms with Gasteiger partial charge in [-0.3, -0.25) is 14.5 Å². The second kappa shape index (κ2) is 9.79. The van der Waals surface area contributed by atoms with Crippen molar-refractivity contribution in [3.05, 3.63) is 70.5 Å². The van der Waals surface area contributed by atoms with Crippen LogP contribution in [0.4, 0.5) is 4.39 Å². The standard InChI is InChI=1S/C27H29FN2O5/c1-17-15-19-16-18(7-8-22(19)35-17)25(31)23-24(20-5-2-3-6-21(20)28)30(27(33)26(23)32)10-4-9-29-11-13-34-14-12-29/h2-3,5-8,16-17,24,31H,4,9-15H2,1H3/t17-,24+/m0/s1. The zero-order valence-electron chi connectivity index (χ0n) is 19.7. The smallest absolute Gasteiger partial charge is 0.295 e. The lowest BCUT2D eigenvalue weighted by molar-refractivity contribution is -0.140. The summed E-state index contributed by atoms with van der Waals surface area (Å²) in [5, 5.41) is 11.3. The lowest BCUT2D eigenvalue weighted by Crippen LogP contribution is -2.39. The lowest BCUT2D eigenvalue weighted by atomic mass is 9.94. The molecule has 35 heavy (non-hydrogen) atoms. The number of halogens is 1. The van der Waals surface area contributed by atoms with Crippen LogP contribution in [0.5, 0.6) is 5.75 Å². The number of carbonyl (C=O) groups excluding carboxylic acids is 2. The van der Waals surface area contributed by atoms with Crippen molar-refractivity contribution in [3.63, 3.8) is 0 Å². The van der Waals surface area contributed by atoms with Crippen molar-refractivity contribution in [2.75, 3.05) is 39.4 Å². The number of aliphatic hydroxyl groups excluding tert-OH is 1. The molecule has 2 saturated heterocycles. The Kier molecular flexibility index (Phi) is 6.58. The number of hydrogen-bond acceptors (Lipinski definition) is 6. The molecular weight excluding hydrogens is 451 g/mol. The van der Waals surface area contributed by atoms with Gasteiger partial charge in [-0.15, -0.1) is 0 Å². The number of fused-ring (bicyclic) bond motifs is 1. The number of ether oxygens (including phenoxy) is 2. The van der Waals surface area contributed by atoms with Crippen molar-refractivity contribution in [2.45, 2.75) is 31.9 Å². The van der Waals surface area contributed by atoms with E-state index in [4.69, 9.17) is 9.47 Å². The number of likely N-dealkylation sites (tertiary alicyclic amines) is 1. The summed E-state index contributed by atoms with van der Waals surface area (Å²) in [6.45, 7) is 5.94. The first kappa shape index (κ1) is 23.5. The number of hydrogen-bond donors (Lipinski definition) is 1. The van der Waals surface area contributed by atoms with Crippen molar-refractivity contribution < 1.29 is 28.6 Å². The van der Waals surface area contributed by atoms with Gasteiger partial charge >= 0.3 is 0 Å². The maximum Gasteiger partial charge on any atom is 0.295 e. The van der Waals surface area contributed by atoms with Crippen molar-refractivity contribution in [1.82, 2.24) is 9.80 Å². The highest BCUT2D eigenvalue weighted by atomic mass is 19.1. The summed E-state index contributed by atoms with van der Waals surface area (Å²) >= 11 is 0. The Morgan fingerprint density at radius 2 is 1.89 bits per heavy atom. The van der Waals surface area contributed by atoms with E-state index >= 15 is 0 Å². The van der Waals surface area contributed by atoms with Crippen LogP contribution >= 0.6 is 0 Å². The summed E-state index contributed by atoms with van der Waals surface area (Å²) in [5.41, 5.74) is 1.44. The molecule has 7 nitrogen and oxygen atoms in total. The first-order valence-corrected chi connectivity index (χ1v) is 12.1. The molecule has 2 aromatic carbocycles. The van der Waals surface area contributed by atoms with Crippen LogP contribution in [0.2, 0.25) is 0 Å². The van der Waals surface area contributed by atoms with Gasteiger partial charge in [-0.1, -0.05) is 18.2 Å². The molecule has 3 heterocycles. The molecule has 3 aliphatic rings. The third-order valence-corrected chi connectivity index (χ3v) is 6.89. The van der Waals surface area contributed by atoms with Crippen LogP contribution in [0.1, 0.15) is 36.1 Å². The number of benzene rings is 2. The Balaban J connectivity index is 1.49. The number of Topliss-reactive ketones (excluding diaryl/α,β-unsaturated/α-hetero) is 1. The molecule has 184 valence electrons. The normalized spacial score (nSPS) is 24.0. The van der Waals surface area contributed by atoms with Gasteiger partial charge in [0.25, 0.3) is 11.7 Å². The average Bonchev–Trinajstić information content (AvgIpc) is 3.35. The highest BCUT2D eigenvalue weighted by Gasteiger charge is 2.46. The topological polar surface area (TPSA) is 79.3 Å². The van der Waals surface area contributed by atoms with Crippen molar-refractivity contribution >= 4 is 17.4 Å². The number of morpholine rings is 1.